The number of ether oxygens (including phenoxy) is 16. The molecule has 0 unspecified atom stereocenters. The summed E-state index contributed by atoms with van der Waals surface area (Å²) in [5, 5.41) is 0. The van der Waals surface area contributed by atoms with Crippen molar-refractivity contribution in [1.82, 2.24) is 0 Å². The summed E-state index contributed by atoms with van der Waals surface area (Å²) in [5.74, 6) is -9.46. The van der Waals surface area contributed by atoms with Gasteiger partial charge in [0.2, 0.25) is 0 Å². The number of hydrogen-bond acceptors (Lipinski definition) is 26. The van der Waals surface area contributed by atoms with Crippen LogP contribution in [0, 0.1) is 10.8 Å². The highest BCUT2D eigenvalue weighted by Crippen LogP contribution is 2.40. The Morgan fingerprint density at radius 2 is 0.652 bits per heavy atom. The van der Waals surface area contributed by atoms with Crippen molar-refractivity contribution >= 4 is 59.7 Å². The molecule has 7 aromatic carbocycles. The molecule has 26 heteroatoms. The number of hydrogen-bond donors (Lipinski definition) is 0. The van der Waals surface area contributed by atoms with Gasteiger partial charge in [0.05, 0.1) is 56.4 Å². The SMILES string of the molecule is C=CCCCCCCCCO[C@@H]1O[C@@H]([C@@H](COC(=O)C(C)(C)C)O[C@@H]2O[C@@H]([C@@H](CO[C@@H]3O[C@@H]([C@@H](COC(=O)c4ccccc4)OC(=O)c4ccccc4)[C@H](OC(=O)c4ccccc4)[C@H]3OC(=O)c3ccccc3)OC(=O)c3ccccc3)[C@H](OC(=O)c3ccccc3)[C@H]2OC(=O)c2ccccc2)[C@H](OC(C)=O)[C@H]1OC(=O)C(C)(C)C. The van der Waals surface area contributed by atoms with E-state index in [9.17, 15) is 38.4 Å². The second kappa shape index (κ2) is 41.7. The Bertz CT molecular complexity index is 4350. The monoisotopic (exact) mass is 1580 g/mol. The van der Waals surface area contributed by atoms with Gasteiger partial charge in [-0.2, -0.15) is 0 Å². The molecule has 15 atom stereocenters. The van der Waals surface area contributed by atoms with Gasteiger partial charge < -0.3 is 75.8 Å². The van der Waals surface area contributed by atoms with E-state index in [0.29, 0.717) is 6.42 Å². The third kappa shape index (κ3) is 24.4. The fraction of sp³-hybridized carbons (Fsp3) is 0.393. The molecule has 7 aromatic rings. The Morgan fingerprint density at radius 1 is 0.339 bits per heavy atom. The van der Waals surface area contributed by atoms with Crippen molar-refractivity contribution in [2.24, 2.45) is 10.8 Å². The normalized spacial score (nSPS) is 21.8. The number of allylic oxidation sites excluding steroid dienone is 1. The standard InChI is InChI=1S/C89H96O26/c1-9-10-11-12-13-14-15-37-52-100-83-74(115-87(99)89(6,7)8)70(104-56(2)90)69(112-83)66(55-103-86(98)88(3,4)5)107-85-75(111-82(97)63-50-35-22-36-51-63)72(109-80(95)61-46-31-20-32-47-61)68(114-85)65(106-78(93)59-42-27-18-28-43-59)54-102-84-73(110-81(96)62-48-33-21-34-49-62)71(108-79(94)60-44-29-19-30-45-60)67(113-84)64(105-77(92)58-40-25-17-26-41-58)53-101-76(91)57-38-23-16-24-39-57/h9,16-36,38-51,64-75,83-85H,1,10-15,37,52-55H2,2-8H3/t64-,65-,66-,67+,68+,69+,70+,71+,72+,73-,74-,75-,83-,84-,85-/m1/s1. The highest BCUT2D eigenvalue weighted by atomic mass is 16.8. The number of unbranched alkanes of at least 4 members (excludes halogenated alkanes) is 6. The van der Waals surface area contributed by atoms with Crippen LogP contribution in [0.2, 0.25) is 0 Å². The van der Waals surface area contributed by atoms with Crippen LogP contribution in [0.25, 0.3) is 0 Å². The maximum atomic E-state index is 15.1. The number of esters is 10. The average molecular weight is 1580 g/mol. The zero-order chi connectivity index (χ0) is 82.0. The molecule has 608 valence electrons. The van der Waals surface area contributed by atoms with Gasteiger partial charge in [0.25, 0.3) is 0 Å². The van der Waals surface area contributed by atoms with Gasteiger partial charge in [0.15, 0.2) is 67.7 Å². The zero-order valence-electron chi connectivity index (χ0n) is 65.0. The van der Waals surface area contributed by atoms with Crippen molar-refractivity contribution in [3.63, 3.8) is 0 Å². The fourth-order valence-corrected chi connectivity index (χ4v) is 12.6. The van der Waals surface area contributed by atoms with Crippen molar-refractivity contribution in [2.75, 3.05) is 26.4 Å². The Balaban J connectivity index is 1.11. The minimum Gasteiger partial charge on any atom is -0.462 e. The van der Waals surface area contributed by atoms with Crippen LogP contribution in [0.3, 0.4) is 0 Å². The molecule has 3 aliphatic rings. The van der Waals surface area contributed by atoms with Crippen LogP contribution in [0.15, 0.2) is 225 Å². The number of benzene rings is 7. The summed E-state index contributed by atoms with van der Waals surface area (Å²) in [4.78, 5) is 145. The first-order valence-corrected chi connectivity index (χ1v) is 38.1. The van der Waals surface area contributed by atoms with Crippen molar-refractivity contribution < 1.29 is 124 Å². The molecule has 0 amide bonds. The molecule has 10 rings (SSSR count). The first kappa shape index (κ1) is 86.2. The first-order valence-electron chi connectivity index (χ1n) is 38.1. The second-order valence-corrected chi connectivity index (χ2v) is 29.6. The van der Waals surface area contributed by atoms with Gasteiger partial charge in [-0.05, 0) is 146 Å². The maximum absolute atomic E-state index is 15.1. The van der Waals surface area contributed by atoms with Crippen LogP contribution in [-0.4, -0.2) is 178 Å². The number of rotatable bonds is 37. The Kier molecular flexibility index (Phi) is 31.2. The Labute approximate surface area is 667 Å². The molecule has 3 fully saturated rings. The van der Waals surface area contributed by atoms with E-state index in [2.05, 4.69) is 6.58 Å². The quantitative estimate of drug-likeness (QED) is 0.0151. The van der Waals surface area contributed by atoms with Gasteiger partial charge in [0, 0.05) is 13.5 Å². The summed E-state index contributed by atoms with van der Waals surface area (Å²) in [6.07, 6.45) is -19.6. The Hall–Kier alpha value is -11.3. The summed E-state index contributed by atoms with van der Waals surface area (Å²) in [5.41, 5.74) is -2.37. The molecule has 0 aromatic heterocycles. The predicted molar refractivity (Wildman–Crippen MR) is 411 cm³/mol. The Morgan fingerprint density at radius 3 is 1.05 bits per heavy atom. The molecular weight excluding hydrogens is 1480 g/mol. The lowest BCUT2D eigenvalue weighted by atomic mass is 9.97. The van der Waals surface area contributed by atoms with Crippen LogP contribution in [-0.2, 0) is 90.2 Å². The van der Waals surface area contributed by atoms with Gasteiger partial charge in [-0.25, -0.2) is 33.6 Å². The molecular formula is C89H96O26. The van der Waals surface area contributed by atoms with Crippen LogP contribution >= 0.6 is 0 Å². The van der Waals surface area contributed by atoms with E-state index in [1.807, 2.05) is 6.08 Å². The fourth-order valence-electron chi connectivity index (χ4n) is 12.6. The molecule has 0 bridgehead atoms. The molecule has 0 saturated carbocycles. The van der Waals surface area contributed by atoms with Crippen molar-refractivity contribution in [2.45, 2.75) is 186 Å². The number of carbonyl (C=O) groups is 10. The van der Waals surface area contributed by atoms with Gasteiger partial charge in [-0.3, -0.25) is 14.4 Å². The lowest BCUT2D eigenvalue weighted by Gasteiger charge is -2.32. The highest BCUT2D eigenvalue weighted by molar-refractivity contribution is 5.93. The summed E-state index contributed by atoms with van der Waals surface area (Å²) in [7, 11) is 0. The van der Waals surface area contributed by atoms with Crippen molar-refractivity contribution in [3.8, 4) is 0 Å². The van der Waals surface area contributed by atoms with E-state index in [1.54, 1.807) is 169 Å². The second-order valence-electron chi connectivity index (χ2n) is 29.6. The van der Waals surface area contributed by atoms with Crippen molar-refractivity contribution in [1.29, 1.82) is 0 Å². The average Bonchev–Trinajstić information content (AvgIpc) is 1.62. The molecule has 26 nitrogen and oxygen atoms in total. The molecule has 3 saturated heterocycles. The lowest BCUT2D eigenvalue weighted by Crippen LogP contribution is -2.50. The van der Waals surface area contributed by atoms with E-state index in [1.165, 1.54) is 84.9 Å². The first-order chi connectivity index (χ1) is 55.3. The van der Waals surface area contributed by atoms with Crippen LogP contribution < -0.4 is 0 Å². The summed E-state index contributed by atoms with van der Waals surface area (Å²) < 4.78 is 103. The largest absolute Gasteiger partial charge is 0.462 e. The van der Waals surface area contributed by atoms with E-state index in [4.69, 9.17) is 75.8 Å². The van der Waals surface area contributed by atoms with Gasteiger partial charge in [0.1, 0.15) is 37.6 Å². The molecule has 3 aliphatic heterocycles. The van der Waals surface area contributed by atoms with Crippen LogP contribution in [0.4, 0.5) is 0 Å². The molecule has 0 spiro atoms. The van der Waals surface area contributed by atoms with Gasteiger partial charge >= 0.3 is 59.7 Å². The maximum Gasteiger partial charge on any atom is 0.338 e. The minimum absolute atomic E-state index is 0.00588. The van der Waals surface area contributed by atoms with Crippen molar-refractivity contribution in [3.05, 3.63) is 264 Å². The lowest BCUT2D eigenvalue weighted by molar-refractivity contribution is -0.250. The smallest absolute Gasteiger partial charge is 0.338 e. The van der Waals surface area contributed by atoms with E-state index < -0.39 is 182 Å². The minimum atomic E-state index is -2.08. The van der Waals surface area contributed by atoms with E-state index >= 15 is 9.59 Å². The molecule has 0 radical (unpaired) electrons. The van der Waals surface area contributed by atoms with Crippen LogP contribution in [0.5, 0.6) is 0 Å². The van der Waals surface area contributed by atoms with E-state index in [0.717, 1.165) is 45.4 Å². The highest BCUT2D eigenvalue weighted by Gasteiger charge is 2.61. The predicted octanol–water partition coefficient (Wildman–Crippen LogP) is 13.2. The van der Waals surface area contributed by atoms with Gasteiger partial charge in [-0.15, -0.1) is 6.58 Å². The topological polar surface area (TPSA) is 318 Å². The molecule has 115 heavy (non-hydrogen) atoms. The molecule has 0 aliphatic carbocycles. The number of carbonyl (C=O) groups excluding carboxylic acids is 10. The van der Waals surface area contributed by atoms with Gasteiger partial charge in [-0.1, -0.05) is 159 Å². The third-order valence-electron chi connectivity index (χ3n) is 18.6. The summed E-state index contributed by atoms with van der Waals surface area (Å²) in [6.45, 7) is 12.0. The third-order valence-corrected chi connectivity index (χ3v) is 18.6. The summed E-state index contributed by atoms with van der Waals surface area (Å²) >= 11 is 0. The molecule has 3 heterocycles. The van der Waals surface area contributed by atoms with E-state index in [-0.39, 0.29) is 45.6 Å². The summed E-state index contributed by atoms with van der Waals surface area (Å²) in [6, 6.07) is 53.7. The zero-order valence-corrected chi connectivity index (χ0v) is 65.0. The van der Waals surface area contributed by atoms with Crippen LogP contribution in [0.1, 0.15) is 166 Å². The molecule has 0 N–H and O–H groups in total.